The molecule has 0 atom stereocenters. The number of carboxylic acid groups (broad SMARTS) is 2. The Labute approximate surface area is 117 Å². The van der Waals surface area contributed by atoms with Crippen LogP contribution in [-0.2, 0) is 0 Å². The van der Waals surface area contributed by atoms with E-state index < -0.39 is 11.9 Å². The maximum atomic E-state index is 10.7. The molecule has 0 saturated heterocycles. The van der Waals surface area contributed by atoms with Crippen LogP contribution in [0.1, 0.15) is 47.4 Å². The monoisotopic (exact) mass is 274 g/mol. The molecule has 0 spiro atoms. The van der Waals surface area contributed by atoms with Crippen molar-refractivity contribution in [2.45, 2.75) is 26.7 Å². The Morgan fingerprint density at radius 2 is 1.15 bits per heavy atom. The van der Waals surface area contributed by atoms with Gasteiger partial charge in [0.25, 0.3) is 0 Å². The molecule has 0 amide bonds. The summed E-state index contributed by atoms with van der Waals surface area (Å²) in [6, 6.07) is 9.15. The van der Waals surface area contributed by atoms with Crippen molar-refractivity contribution in [3.8, 4) is 0 Å². The highest BCUT2D eigenvalue weighted by molar-refractivity contribution is 5.97. The molecule has 0 aliphatic rings. The van der Waals surface area contributed by atoms with E-state index in [4.69, 9.17) is 10.2 Å². The van der Waals surface area contributed by atoms with Crippen LogP contribution in [0, 0.1) is 0 Å². The topological polar surface area (TPSA) is 74.6 Å². The highest BCUT2D eigenvalue weighted by Crippen LogP contribution is 2.18. The van der Waals surface area contributed by atoms with Crippen LogP contribution in [0.2, 0.25) is 0 Å². The fraction of sp³-hybridized carbons (Fsp3) is 0.250. The minimum Gasteiger partial charge on any atom is -0.478 e. The van der Waals surface area contributed by atoms with Crippen molar-refractivity contribution in [2.75, 3.05) is 0 Å². The molecule has 2 rings (SSSR count). The Morgan fingerprint density at radius 1 is 0.800 bits per heavy atom. The van der Waals surface area contributed by atoms with Gasteiger partial charge in [0.1, 0.15) is 0 Å². The van der Waals surface area contributed by atoms with E-state index in [1.54, 1.807) is 12.1 Å². The second-order valence-electron chi connectivity index (χ2n) is 4.39. The first kappa shape index (κ1) is 15.7. The Hall–Kier alpha value is -2.36. The van der Waals surface area contributed by atoms with Gasteiger partial charge in [-0.3, -0.25) is 0 Å². The van der Waals surface area contributed by atoms with Crippen molar-refractivity contribution in [2.24, 2.45) is 0 Å². The predicted molar refractivity (Wildman–Crippen MR) is 78.4 cm³/mol. The van der Waals surface area contributed by atoms with Gasteiger partial charge >= 0.3 is 11.9 Å². The van der Waals surface area contributed by atoms with Gasteiger partial charge in [-0.1, -0.05) is 38.8 Å². The third-order valence-electron chi connectivity index (χ3n) is 2.83. The normalized spacial score (nSPS) is 9.70. The van der Waals surface area contributed by atoms with Crippen molar-refractivity contribution in [3.63, 3.8) is 0 Å². The van der Waals surface area contributed by atoms with E-state index in [1.165, 1.54) is 37.1 Å². The van der Waals surface area contributed by atoms with Crippen LogP contribution in [0.25, 0.3) is 10.8 Å². The van der Waals surface area contributed by atoms with Gasteiger partial charge in [-0.25, -0.2) is 9.59 Å². The number of aromatic carboxylic acids is 2. The zero-order valence-corrected chi connectivity index (χ0v) is 11.6. The molecule has 0 fully saturated rings. The molecule has 0 aromatic heterocycles. The number of hydrogen-bond donors (Lipinski definition) is 2. The summed E-state index contributed by atoms with van der Waals surface area (Å²) in [7, 11) is 0. The lowest BCUT2D eigenvalue weighted by molar-refractivity contribution is 0.0686. The van der Waals surface area contributed by atoms with Gasteiger partial charge in [0, 0.05) is 0 Å². The van der Waals surface area contributed by atoms with Crippen molar-refractivity contribution < 1.29 is 19.8 Å². The molecule has 0 radical (unpaired) electrons. The summed E-state index contributed by atoms with van der Waals surface area (Å²) < 4.78 is 0. The molecule has 0 heterocycles. The maximum Gasteiger partial charge on any atom is 0.335 e. The molecule has 0 bridgehead atoms. The molecule has 2 aromatic rings. The van der Waals surface area contributed by atoms with Crippen LogP contribution in [0.5, 0.6) is 0 Å². The molecule has 4 nitrogen and oxygen atoms in total. The number of carboxylic acids is 2. The number of carbonyl (C=O) groups is 2. The van der Waals surface area contributed by atoms with E-state index in [0.717, 1.165) is 0 Å². The van der Waals surface area contributed by atoms with Crippen molar-refractivity contribution in [3.05, 3.63) is 47.5 Å². The van der Waals surface area contributed by atoms with Crippen LogP contribution in [0.4, 0.5) is 0 Å². The van der Waals surface area contributed by atoms with Gasteiger partial charge in [0.2, 0.25) is 0 Å². The Morgan fingerprint density at radius 3 is 1.40 bits per heavy atom. The van der Waals surface area contributed by atoms with Crippen LogP contribution in [-0.4, -0.2) is 22.2 Å². The zero-order valence-electron chi connectivity index (χ0n) is 11.6. The molecular weight excluding hydrogens is 256 g/mol. The Balaban J connectivity index is 0.000000444. The lowest BCUT2D eigenvalue weighted by Gasteiger charge is -2.01. The first-order valence-electron chi connectivity index (χ1n) is 6.50. The van der Waals surface area contributed by atoms with Crippen LogP contribution in [0.3, 0.4) is 0 Å². The summed E-state index contributed by atoms with van der Waals surface area (Å²) in [6.07, 6.45) is 2.64. The van der Waals surface area contributed by atoms with Gasteiger partial charge in [-0.2, -0.15) is 0 Å². The number of benzene rings is 2. The number of rotatable bonds is 3. The Kier molecular flexibility index (Phi) is 5.72. The third kappa shape index (κ3) is 4.09. The SMILES string of the molecule is CCCC.O=C(O)c1ccc2cc(C(=O)O)ccc2c1. The van der Waals surface area contributed by atoms with E-state index in [2.05, 4.69) is 13.8 Å². The predicted octanol–water partition coefficient (Wildman–Crippen LogP) is 4.04. The minimum absolute atomic E-state index is 0.190. The smallest absolute Gasteiger partial charge is 0.335 e. The summed E-state index contributed by atoms with van der Waals surface area (Å²) >= 11 is 0. The fourth-order valence-electron chi connectivity index (χ4n) is 1.51. The maximum absolute atomic E-state index is 10.7. The third-order valence-corrected chi connectivity index (χ3v) is 2.83. The lowest BCUT2D eigenvalue weighted by atomic mass is 10.0. The summed E-state index contributed by atoms with van der Waals surface area (Å²) in [5, 5.41) is 19.0. The second-order valence-corrected chi connectivity index (χ2v) is 4.39. The molecule has 0 aliphatic carbocycles. The average molecular weight is 274 g/mol. The largest absolute Gasteiger partial charge is 0.478 e. The van der Waals surface area contributed by atoms with E-state index in [9.17, 15) is 9.59 Å². The van der Waals surface area contributed by atoms with Crippen molar-refractivity contribution in [1.82, 2.24) is 0 Å². The Bertz CT molecular complexity index is 562. The van der Waals surface area contributed by atoms with E-state index in [-0.39, 0.29) is 11.1 Å². The highest BCUT2D eigenvalue weighted by atomic mass is 16.4. The van der Waals surface area contributed by atoms with Crippen molar-refractivity contribution in [1.29, 1.82) is 0 Å². The molecule has 4 heteroatoms. The standard InChI is InChI=1S/C12H8O4.C4H10/c13-11(14)9-3-1-7-5-10(12(15)16)4-2-8(7)6-9;1-3-4-2/h1-6H,(H,13,14)(H,15,16);3-4H2,1-2H3. The molecule has 0 unspecified atom stereocenters. The molecule has 2 N–H and O–H groups in total. The van der Waals surface area contributed by atoms with Crippen LogP contribution < -0.4 is 0 Å². The zero-order chi connectivity index (χ0) is 15.1. The van der Waals surface area contributed by atoms with Gasteiger partial charge in [-0.05, 0) is 35.0 Å². The quantitative estimate of drug-likeness (QED) is 0.885. The molecular formula is C16H18O4. The van der Waals surface area contributed by atoms with Gasteiger partial charge in [-0.15, -0.1) is 0 Å². The minimum atomic E-state index is -0.996. The molecule has 106 valence electrons. The van der Waals surface area contributed by atoms with Crippen LogP contribution >= 0.6 is 0 Å². The van der Waals surface area contributed by atoms with Gasteiger partial charge in [0.15, 0.2) is 0 Å². The number of fused-ring (bicyclic) bond motifs is 1. The van der Waals surface area contributed by atoms with Gasteiger partial charge < -0.3 is 10.2 Å². The summed E-state index contributed by atoms with van der Waals surface area (Å²) in [5.41, 5.74) is 0.381. The first-order valence-corrected chi connectivity index (χ1v) is 6.50. The second kappa shape index (κ2) is 7.28. The molecule has 20 heavy (non-hydrogen) atoms. The molecule has 0 saturated carbocycles. The van der Waals surface area contributed by atoms with E-state index in [0.29, 0.717) is 10.8 Å². The molecule has 0 aliphatic heterocycles. The molecule has 2 aromatic carbocycles. The fourth-order valence-corrected chi connectivity index (χ4v) is 1.51. The lowest BCUT2D eigenvalue weighted by Crippen LogP contribution is -1.97. The van der Waals surface area contributed by atoms with E-state index >= 15 is 0 Å². The number of hydrogen-bond acceptors (Lipinski definition) is 2. The average Bonchev–Trinajstić information content (AvgIpc) is 2.46. The first-order chi connectivity index (χ1) is 9.49. The summed E-state index contributed by atoms with van der Waals surface area (Å²) in [4.78, 5) is 21.5. The van der Waals surface area contributed by atoms with Crippen molar-refractivity contribution >= 4 is 22.7 Å². The van der Waals surface area contributed by atoms with Gasteiger partial charge in [0.05, 0.1) is 11.1 Å². The van der Waals surface area contributed by atoms with E-state index in [1.807, 2.05) is 0 Å². The number of unbranched alkanes of at least 4 members (excludes halogenated alkanes) is 1. The summed E-state index contributed by atoms with van der Waals surface area (Å²) in [5.74, 6) is -1.99. The highest BCUT2D eigenvalue weighted by Gasteiger charge is 2.06. The summed E-state index contributed by atoms with van der Waals surface area (Å²) in [6.45, 7) is 4.36. The van der Waals surface area contributed by atoms with Crippen LogP contribution in [0.15, 0.2) is 36.4 Å².